The van der Waals surface area contributed by atoms with E-state index in [9.17, 15) is 8.42 Å². The highest BCUT2D eigenvalue weighted by Crippen LogP contribution is 2.19. The van der Waals surface area contributed by atoms with Crippen molar-refractivity contribution in [1.82, 2.24) is 4.90 Å². The summed E-state index contributed by atoms with van der Waals surface area (Å²) in [6.45, 7) is 4.94. The lowest BCUT2D eigenvalue weighted by molar-refractivity contribution is 0.277. The molecule has 20 heavy (non-hydrogen) atoms. The fourth-order valence-electron chi connectivity index (χ4n) is 2.68. The third-order valence-electron chi connectivity index (χ3n) is 4.29. The zero-order valence-electron chi connectivity index (χ0n) is 12.1. The van der Waals surface area contributed by atoms with Gasteiger partial charge < -0.3 is 10.6 Å². The second-order valence-corrected chi connectivity index (χ2v) is 8.27. The first kappa shape index (κ1) is 18.0. The van der Waals surface area contributed by atoms with Gasteiger partial charge in [0.1, 0.15) is 9.84 Å². The minimum atomic E-state index is -2.77. The normalized spacial score (nSPS) is 25.2. The van der Waals surface area contributed by atoms with Crippen LogP contribution in [0.5, 0.6) is 0 Å². The molecule has 2 saturated heterocycles. The van der Waals surface area contributed by atoms with Gasteiger partial charge in [-0.2, -0.15) is 0 Å². The highest BCUT2D eigenvalue weighted by Gasteiger charge is 2.23. The Balaban J connectivity index is 0.00000200. The summed E-state index contributed by atoms with van der Waals surface area (Å²) in [5.41, 5.74) is 6.02. The van der Waals surface area contributed by atoms with Crippen molar-refractivity contribution in [3.05, 3.63) is 0 Å². The molecule has 7 heteroatoms. The second-order valence-electron chi connectivity index (χ2n) is 5.96. The van der Waals surface area contributed by atoms with Crippen LogP contribution in [-0.2, 0) is 9.84 Å². The molecule has 2 fully saturated rings. The van der Waals surface area contributed by atoms with Gasteiger partial charge in [-0.15, -0.1) is 24.0 Å². The predicted molar refractivity (Wildman–Crippen MR) is 93.3 cm³/mol. The lowest BCUT2D eigenvalue weighted by Crippen LogP contribution is -2.42. The van der Waals surface area contributed by atoms with E-state index in [-0.39, 0.29) is 24.0 Å². The van der Waals surface area contributed by atoms with Gasteiger partial charge in [-0.25, -0.2) is 8.42 Å². The highest BCUT2D eigenvalue weighted by atomic mass is 127. The predicted octanol–water partition coefficient (Wildman–Crippen LogP) is 1.48. The molecule has 2 N–H and O–H groups in total. The van der Waals surface area contributed by atoms with Gasteiger partial charge in [-0.05, 0) is 37.5 Å². The summed E-state index contributed by atoms with van der Waals surface area (Å²) >= 11 is 0. The minimum Gasteiger partial charge on any atom is -0.370 e. The molecular weight excluding hydrogens is 389 g/mol. The Morgan fingerprint density at radius 1 is 1.20 bits per heavy atom. The summed E-state index contributed by atoms with van der Waals surface area (Å²) < 4.78 is 22.7. The van der Waals surface area contributed by atoms with Crippen molar-refractivity contribution in [2.24, 2.45) is 22.6 Å². The number of nitrogens with zero attached hydrogens (tertiary/aromatic N) is 2. The average molecular weight is 415 g/mol. The molecule has 2 rings (SSSR count). The number of piperidine rings is 1. The van der Waals surface area contributed by atoms with Gasteiger partial charge in [0.2, 0.25) is 0 Å². The van der Waals surface area contributed by atoms with Crippen molar-refractivity contribution < 1.29 is 8.42 Å². The van der Waals surface area contributed by atoms with Crippen LogP contribution in [-0.4, -0.2) is 50.4 Å². The standard InChI is InChI=1S/C13H25N3O2S.HI/c1-11-2-6-16(7-3-11)13(14)15-10-12-4-8-19(17,18)9-5-12;/h11-12H,2-10H2,1H3,(H2,14,15);1H. The maximum atomic E-state index is 11.3. The van der Waals surface area contributed by atoms with E-state index < -0.39 is 9.84 Å². The summed E-state index contributed by atoms with van der Waals surface area (Å²) in [6.07, 6.45) is 3.82. The SMILES string of the molecule is CC1CCN(C(N)=NCC2CCS(=O)(=O)CC2)CC1.I. The fraction of sp³-hybridized carbons (Fsp3) is 0.923. The Kier molecular flexibility index (Phi) is 7.03. The van der Waals surface area contributed by atoms with Gasteiger partial charge in [0.05, 0.1) is 11.5 Å². The molecule has 0 radical (unpaired) electrons. The number of hydrogen-bond acceptors (Lipinski definition) is 3. The Bertz CT molecular complexity index is 417. The molecule has 0 atom stereocenters. The van der Waals surface area contributed by atoms with Gasteiger partial charge >= 0.3 is 0 Å². The van der Waals surface area contributed by atoms with E-state index in [1.165, 1.54) is 12.8 Å². The molecule has 118 valence electrons. The van der Waals surface area contributed by atoms with Gasteiger partial charge in [0.15, 0.2) is 5.96 Å². The monoisotopic (exact) mass is 415 g/mol. The third-order valence-corrected chi connectivity index (χ3v) is 6.01. The quantitative estimate of drug-likeness (QED) is 0.421. The van der Waals surface area contributed by atoms with Crippen LogP contribution in [0.2, 0.25) is 0 Å². The first-order chi connectivity index (χ1) is 8.96. The Labute approximate surface area is 139 Å². The molecule has 0 aromatic rings. The van der Waals surface area contributed by atoms with Crippen LogP contribution < -0.4 is 5.73 Å². The van der Waals surface area contributed by atoms with E-state index in [1.807, 2.05) is 0 Å². The van der Waals surface area contributed by atoms with E-state index in [1.54, 1.807) is 0 Å². The summed E-state index contributed by atoms with van der Waals surface area (Å²) in [5, 5.41) is 0. The molecule has 0 aromatic carbocycles. The Morgan fingerprint density at radius 3 is 2.30 bits per heavy atom. The molecule has 5 nitrogen and oxygen atoms in total. The van der Waals surface area contributed by atoms with Crippen LogP contribution in [0.15, 0.2) is 4.99 Å². The minimum absolute atomic E-state index is 0. The van der Waals surface area contributed by atoms with Gasteiger partial charge in [-0.3, -0.25) is 4.99 Å². The molecule has 2 aliphatic rings. The van der Waals surface area contributed by atoms with E-state index in [4.69, 9.17) is 5.73 Å². The van der Waals surface area contributed by atoms with Crippen LogP contribution in [0.4, 0.5) is 0 Å². The number of rotatable bonds is 2. The smallest absolute Gasteiger partial charge is 0.191 e. The molecule has 0 unspecified atom stereocenters. The largest absolute Gasteiger partial charge is 0.370 e. The molecule has 0 aromatic heterocycles. The molecule has 0 aliphatic carbocycles. The Hall–Kier alpha value is -0.0500. The highest BCUT2D eigenvalue weighted by molar-refractivity contribution is 14.0. The van der Waals surface area contributed by atoms with Crippen molar-refractivity contribution in [3.63, 3.8) is 0 Å². The molecular formula is C13H26IN3O2S. The second kappa shape index (κ2) is 7.82. The summed E-state index contributed by atoms with van der Waals surface area (Å²) in [5.74, 6) is 2.43. The van der Waals surface area contributed by atoms with Crippen molar-refractivity contribution in [2.45, 2.75) is 32.6 Å². The first-order valence-corrected chi connectivity index (χ1v) is 9.04. The van der Waals surface area contributed by atoms with Crippen LogP contribution in [0.25, 0.3) is 0 Å². The molecule has 0 amide bonds. The maximum Gasteiger partial charge on any atom is 0.191 e. The van der Waals surface area contributed by atoms with E-state index in [0.29, 0.717) is 29.9 Å². The number of hydrogen-bond donors (Lipinski definition) is 1. The lowest BCUT2D eigenvalue weighted by atomic mass is 9.99. The van der Waals surface area contributed by atoms with Gasteiger partial charge in [0, 0.05) is 19.6 Å². The number of halogens is 1. The summed E-state index contributed by atoms with van der Waals surface area (Å²) in [6, 6.07) is 0. The average Bonchev–Trinajstić information content (AvgIpc) is 2.38. The number of guanidine groups is 1. The first-order valence-electron chi connectivity index (χ1n) is 7.21. The lowest BCUT2D eigenvalue weighted by Gasteiger charge is -2.31. The third kappa shape index (κ3) is 5.38. The summed E-state index contributed by atoms with van der Waals surface area (Å²) in [4.78, 5) is 6.62. The van der Waals surface area contributed by atoms with Gasteiger partial charge in [-0.1, -0.05) is 6.92 Å². The number of sulfone groups is 1. The number of likely N-dealkylation sites (tertiary alicyclic amines) is 1. The van der Waals surface area contributed by atoms with Crippen LogP contribution in [0.1, 0.15) is 32.6 Å². The summed E-state index contributed by atoms with van der Waals surface area (Å²) in [7, 11) is -2.77. The van der Waals surface area contributed by atoms with Crippen molar-refractivity contribution >= 4 is 39.8 Å². The van der Waals surface area contributed by atoms with E-state index >= 15 is 0 Å². The fourth-order valence-corrected chi connectivity index (χ4v) is 4.27. The molecule has 0 saturated carbocycles. The molecule has 2 aliphatic heterocycles. The molecule has 0 spiro atoms. The molecule has 2 heterocycles. The van der Waals surface area contributed by atoms with E-state index in [2.05, 4.69) is 16.8 Å². The van der Waals surface area contributed by atoms with Crippen molar-refractivity contribution in [3.8, 4) is 0 Å². The van der Waals surface area contributed by atoms with Crippen molar-refractivity contribution in [1.29, 1.82) is 0 Å². The van der Waals surface area contributed by atoms with Crippen LogP contribution in [0, 0.1) is 11.8 Å². The maximum absolute atomic E-state index is 11.3. The number of nitrogens with two attached hydrogens (primary N) is 1. The van der Waals surface area contributed by atoms with Crippen LogP contribution >= 0.6 is 24.0 Å². The molecule has 0 bridgehead atoms. The Morgan fingerprint density at radius 2 is 1.75 bits per heavy atom. The van der Waals surface area contributed by atoms with Gasteiger partial charge in [0.25, 0.3) is 0 Å². The zero-order chi connectivity index (χ0) is 13.9. The zero-order valence-corrected chi connectivity index (χ0v) is 15.3. The topological polar surface area (TPSA) is 75.8 Å². The van der Waals surface area contributed by atoms with E-state index in [0.717, 1.165) is 31.8 Å². The van der Waals surface area contributed by atoms with Crippen molar-refractivity contribution in [2.75, 3.05) is 31.1 Å². The van der Waals surface area contributed by atoms with Crippen LogP contribution in [0.3, 0.4) is 0 Å². The number of aliphatic imine (C=N–C) groups is 1.